The molecular weight excluding hydrogens is 234 g/mol. The lowest BCUT2D eigenvalue weighted by atomic mass is 10.1. The Hall–Kier alpha value is -1.82. The second-order valence-electron chi connectivity index (χ2n) is 4.47. The van der Waals surface area contributed by atoms with Gasteiger partial charge in [-0.25, -0.2) is 4.79 Å². The minimum atomic E-state index is -1.03. The molecule has 0 atom stereocenters. The van der Waals surface area contributed by atoms with Gasteiger partial charge in [0.25, 0.3) is 5.91 Å². The molecule has 1 saturated heterocycles. The van der Waals surface area contributed by atoms with Gasteiger partial charge >= 0.3 is 5.97 Å². The first-order valence-corrected chi connectivity index (χ1v) is 5.95. The highest BCUT2D eigenvalue weighted by Crippen LogP contribution is 2.20. The third kappa shape index (κ3) is 2.11. The summed E-state index contributed by atoms with van der Waals surface area (Å²) in [7, 11) is 0. The van der Waals surface area contributed by atoms with Crippen LogP contribution in [0.5, 0.6) is 0 Å². The number of carbonyl (C=O) groups excluding carboxylic acids is 1. The van der Waals surface area contributed by atoms with Crippen molar-refractivity contribution in [2.45, 2.75) is 13.8 Å². The van der Waals surface area contributed by atoms with Crippen molar-refractivity contribution >= 4 is 11.9 Å². The van der Waals surface area contributed by atoms with Crippen LogP contribution in [0.15, 0.2) is 0 Å². The van der Waals surface area contributed by atoms with Gasteiger partial charge in [-0.2, -0.15) is 0 Å². The van der Waals surface area contributed by atoms with Gasteiger partial charge in [0.2, 0.25) is 0 Å². The monoisotopic (exact) mass is 251 g/mol. The Labute approximate surface area is 105 Å². The molecule has 18 heavy (non-hydrogen) atoms. The fourth-order valence-electron chi connectivity index (χ4n) is 2.31. The highest BCUT2D eigenvalue weighted by atomic mass is 16.4. The fourth-order valence-corrected chi connectivity index (χ4v) is 2.31. The van der Waals surface area contributed by atoms with Gasteiger partial charge < -0.3 is 20.3 Å². The molecule has 1 aromatic rings. The highest BCUT2D eigenvalue weighted by Gasteiger charge is 2.25. The van der Waals surface area contributed by atoms with Crippen LogP contribution in [0, 0.1) is 13.8 Å². The summed E-state index contributed by atoms with van der Waals surface area (Å²) < 4.78 is 0. The topological polar surface area (TPSA) is 85.4 Å². The zero-order chi connectivity index (χ0) is 13.3. The molecule has 0 radical (unpaired) electrons. The summed E-state index contributed by atoms with van der Waals surface area (Å²) in [4.78, 5) is 27.9. The number of nitrogens with zero attached hydrogens (tertiary/aromatic N) is 1. The molecule has 1 fully saturated rings. The SMILES string of the molecule is Cc1[nH]c(C(=O)O)c(C)c1C(=O)N1CCNCC1. The van der Waals surface area contributed by atoms with E-state index in [0.717, 1.165) is 13.1 Å². The maximum atomic E-state index is 12.4. The van der Waals surface area contributed by atoms with Crippen molar-refractivity contribution < 1.29 is 14.7 Å². The summed E-state index contributed by atoms with van der Waals surface area (Å²) in [6.07, 6.45) is 0. The number of H-pyrrole nitrogens is 1. The van der Waals surface area contributed by atoms with Gasteiger partial charge in [-0.15, -0.1) is 0 Å². The van der Waals surface area contributed by atoms with Crippen LogP contribution >= 0.6 is 0 Å². The average molecular weight is 251 g/mol. The summed E-state index contributed by atoms with van der Waals surface area (Å²) in [5.41, 5.74) is 1.73. The van der Waals surface area contributed by atoms with Gasteiger partial charge in [-0.05, 0) is 19.4 Å². The minimum absolute atomic E-state index is 0.0877. The van der Waals surface area contributed by atoms with Crippen molar-refractivity contribution in [1.29, 1.82) is 0 Å². The van der Waals surface area contributed by atoms with E-state index in [1.807, 2.05) is 0 Å². The predicted molar refractivity (Wildman–Crippen MR) is 66.0 cm³/mol. The first-order chi connectivity index (χ1) is 8.52. The number of carboxylic acids is 1. The van der Waals surface area contributed by atoms with Gasteiger partial charge in [0, 0.05) is 31.9 Å². The molecule has 0 unspecified atom stereocenters. The molecule has 3 N–H and O–H groups in total. The number of hydrogen-bond acceptors (Lipinski definition) is 3. The van der Waals surface area contributed by atoms with E-state index in [9.17, 15) is 9.59 Å². The smallest absolute Gasteiger partial charge is 0.352 e. The van der Waals surface area contributed by atoms with Crippen molar-refractivity contribution in [2.75, 3.05) is 26.2 Å². The molecule has 0 bridgehead atoms. The molecule has 2 rings (SSSR count). The lowest BCUT2D eigenvalue weighted by Gasteiger charge is -2.27. The first kappa shape index (κ1) is 12.6. The number of aromatic amines is 1. The number of carbonyl (C=O) groups is 2. The van der Waals surface area contributed by atoms with E-state index < -0.39 is 5.97 Å². The van der Waals surface area contributed by atoms with E-state index in [0.29, 0.717) is 29.9 Å². The van der Waals surface area contributed by atoms with E-state index in [1.165, 1.54) is 0 Å². The quantitative estimate of drug-likeness (QED) is 0.709. The lowest BCUT2D eigenvalue weighted by molar-refractivity contribution is 0.0690. The third-order valence-corrected chi connectivity index (χ3v) is 3.27. The van der Waals surface area contributed by atoms with Crippen molar-refractivity contribution in [1.82, 2.24) is 15.2 Å². The standard InChI is InChI=1S/C12H17N3O3/c1-7-9(8(2)14-10(7)12(17)18)11(16)15-5-3-13-4-6-15/h13-14H,3-6H2,1-2H3,(H,17,18). The molecule has 6 heteroatoms. The number of carboxylic acid groups (broad SMARTS) is 1. The molecule has 0 saturated carbocycles. The second kappa shape index (κ2) is 4.81. The number of amides is 1. The molecule has 1 aliphatic rings. The Balaban J connectivity index is 2.32. The molecular formula is C12H17N3O3. The molecule has 1 amide bonds. The Kier molecular flexibility index (Phi) is 3.38. The van der Waals surface area contributed by atoms with Crippen LogP contribution in [0.4, 0.5) is 0 Å². The molecule has 1 aliphatic heterocycles. The maximum Gasteiger partial charge on any atom is 0.352 e. The van der Waals surface area contributed by atoms with Crippen LogP contribution in [-0.4, -0.2) is 53.0 Å². The molecule has 0 spiro atoms. The Morgan fingerprint density at radius 3 is 2.33 bits per heavy atom. The van der Waals surface area contributed by atoms with Crippen LogP contribution < -0.4 is 5.32 Å². The average Bonchev–Trinajstić information content (AvgIpc) is 2.65. The number of aromatic nitrogens is 1. The normalized spacial score (nSPS) is 15.8. The predicted octanol–water partition coefficient (Wildman–Crippen LogP) is 0.375. The molecule has 1 aromatic heterocycles. The van der Waals surface area contributed by atoms with Crippen LogP contribution in [0.3, 0.4) is 0 Å². The van der Waals surface area contributed by atoms with Crippen molar-refractivity contribution in [3.8, 4) is 0 Å². The summed E-state index contributed by atoms with van der Waals surface area (Å²) in [6.45, 7) is 6.27. The summed E-state index contributed by atoms with van der Waals surface area (Å²) in [6, 6.07) is 0. The van der Waals surface area contributed by atoms with Gasteiger partial charge in [0.15, 0.2) is 0 Å². The van der Waals surface area contributed by atoms with Crippen LogP contribution in [0.2, 0.25) is 0 Å². The van der Waals surface area contributed by atoms with Crippen molar-refractivity contribution in [2.24, 2.45) is 0 Å². The number of aromatic carboxylic acids is 1. The van der Waals surface area contributed by atoms with E-state index in [1.54, 1.807) is 18.7 Å². The molecule has 0 aliphatic carbocycles. The number of rotatable bonds is 2. The van der Waals surface area contributed by atoms with Crippen LogP contribution in [-0.2, 0) is 0 Å². The molecule has 0 aromatic carbocycles. The van der Waals surface area contributed by atoms with Crippen LogP contribution in [0.1, 0.15) is 32.1 Å². The molecule has 2 heterocycles. The van der Waals surface area contributed by atoms with E-state index in [2.05, 4.69) is 10.3 Å². The number of piperazine rings is 1. The fraction of sp³-hybridized carbons (Fsp3) is 0.500. The summed E-state index contributed by atoms with van der Waals surface area (Å²) in [5, 5.41) is 12.2. The zero-order valence-corrected chi connectivity index (χ0v) is 10.5. The Bertz CT molecular complexity index is 487. The van der Waals surface area contributed by atoms with Crippen molar-refractivity contribution in [3.63, 3.8) is 0 Å². The third-order valence-electron chi connectivity index (χ3n) is 3.27. The van der Waals surface area contributed by atoms with Gasteiger partial charge in [0.05, 0.1) is 5.56 Å². The number of aryl methyl sites for hydroxylation is 1. The lowest BCUT2D eigenvalue weighted by Crippen LogP contribution is -2.46. The van der Waals surface area contributed by atoms with E-state index >= 15 is 0 Å². The molecule has 98 valence electrons. The van der Waals surface area contributed by atoms with Gasteiger partial charge in [0.1, 0.15) is 5.69 Å². The van der Waals surface area contributed by atoms with Crippen molar-refractivity contribution in [3.05, 3.63) is 22.5 Å². The Morgan fingerprint density at radius 1 is 1.22 bits per heavy atom. The minimum Gasteiger partial charge on any atom is -0.477 e. The first-order valence-electron chi connectivity index (χ1n) is 5.95. The summed E-state index contributed by atoms with van der Waals surface area (Å²) >= 11 is 0. The number of nitrogens with one attached hydrogen (secondary N) is 2. The summed E-state index contributed by atoms with van der Waals surface area (Å²) in [5.74, 6) is -1.12. The maximum absolute atomic E-state index is 12.4. The van der Waals surface area contributed by atoms with Crippen LogP contribution in [0.25, 0.3) is 0 Å². The Morgan fingerprint density at radius 2 is 1.83 bits per heavy atom. The highest BCUT2D eigenvalue weighted by molar-refractivity contribution is 6.00. The van der Waals surface area contributed by atoms with E-state index in [4.69, 9.17) is 5.11 Å². The van der Waals surface area contributed by atoms with Gasteiger partial charge in [-0.1, -0.05) is 0 Å². The second-order valence-corrected chi connectivity index (χ2v) is 4.47. The molecule has 6 nitrogen and oxygen atoms in total. The number of hydrogen-bond donors (Lipinski definition) is 3. The largest absolute Gasteiger partial charge is 0.477 e. The van der Waals surface area contributed by atoms with E-state index in [-0.39, 0.29) is 11.6 Å². The van der Waals surface area contributed by atoms with Gasteiger partial charge in [-0.3, -0.25) is 4.79 Å². The zero-order valence-electron chi connectivity index (χ0n) is 10.5.